The van der Waals surface area contributed by atoms with Crippen molar-refractivity contribution in [1.29, 1.82) is 5.41 Å². The normalized spacial score (nSPS) is 11.0. The van der Waals surface area contributed by atoms with Crippen LogP contribution in [0.2, 0.25) is 5.02 Å². The first kappa shape index (κ1) is 13.6. The second kappa shape index (κ2) is 5.18. The summed E-state index contributed by atoms with van der Waals surface area (Å²) in [6.45, 7) is 0.247. The van der Waals surface area contributed by atoms with E-state index in [-0.39, 0.29) is 18.2 Å². The summed E-state index contributed by atoms with van der Waals surface area (Å²) >= 11 is 6.01. The van der Waals surface area contributed by atoms with Gasteiger partial charge in [-0.2, -0.15) is 5.10 Å². The highest BCUT2D eigenvalue weighted by molar-refractivity contribution is 6.31. The van der Waals surface area contributed by atoms with Crippen molar-refractivity contribution >= 4 is 28.3 Å². The van der Waals surface area contributed by atoms with Gasteiger partial charge in [0.1, 0.15) is 17.3 Å². The van der Waals surface area contributed by atoms with Crippen LogP contribution >= 0.6 is 11.6 Å². The number of nitrogens with zero attached hydrogens (tertiary/aromatic N) is 2. The summed E-state index contributed by atoms with van der Waals surface area (Å²) in [7, 11) is 0. The highest BCUT2D eigenvalue weighted by atomic mass is 35.5. The van der Waals surface area contributed by atoms with Crippen molar-refractivity contribution in [3.8, 4) is 0 Å². The fourth-order valence-electron chi connectivity index (χ4n) is 2.25. The Labute approximate surface area is 125 Å². The van der Waals surface area contributed by atoms with Crippen molar-refractivity contribution in [2.45, 2.75) is 6.54 Å². The molecule has 0 atom stereocenters. The van der Waals surface area contributed by atoms with Gasteiger partial charge < -0.3 is 5.73 Å². The highest BCUT2D eigenvalue weighted by Gasteiger charge is 2.14. The molecule has 3 N–H and O–H groups in total. The molecule has 0 amide bonds. The van der Waals surface area contributed by atoms with E-state index in [1.54, 1.807) is 41.1 Å². The lowest BCUT2D eigenvalue weighted by molar-refractivity contribution is 0.590. The predicted molar refractivity (Wildman–Crippen MR) is 81.3 cm³/mol. The zero-order chi connectivity index (χ0) is 15.0. The van der Waals surface area contributed by atoms with Crippen LogP contribution in [0.25, 0.3) is 10.9 Å². The van der Waals surface area contributed by atoms with E-state index in [9.17, 15) is 4.39 Å². The molecule has 0 fully saturated rings. The van der Waals surface area contributed by atoms with Crippen LogP contribution in [0.5, 0.6) is 0 Å². The van der Waals surface area contributed by atoms with Gasteiger partial charge >= 0.3 is 0 Å². The number of hydrogen-bond donors (Lipinski definition) is 2. The standard InChI is InChI=1S/C15H12ClFN4/c16-10-5-6-11-13(7-10)21(20-14(11)15(18)19)8-9-3-1-2-4-12(9)17/h1-7H,8H2,(H3,18,19). The predicted octanol–water partition coefficient (Wildman–Crippen LogP) is 3.16. The summed E-state index contributed by atoms with van der Waals surface area (Å²) < 4.78 is 15.4. The molecule has 0 aliphatic carbocycles. The maximum Gasteiger partial charge on any atom is 0.144 e. The summed E-state index contributed by atoms with van der Waals surface area (Å²) in [5.74, 6) is -0.429. The number of nitrogens with one attached hydrogen (secondary N) is 1. The van der Waals surface area contributed by atoms with E-state index in [0.29, 0.717) is 16.3 Å². The smallest absolute Gasteiger partial charge is 0.144 e. The van der Waals surface area contributed by atoms with Crippen molar-refractivity contribution in [3.63, 3.8) is 0 Å². The lowest BCUT2D eigenvalue weighted by atomic mass is 10.2. The lowest BCUT2D eigenvalue weighted by Gasteiger charge is -2.05. The maximum absolute atomic E-state index is 13.8. The largest absolute Gasteiger partial charge is 0.382 e. The number of nitrogens with two attached hydrogens (primary N) is 1. The van der Waals surface area contributed by atoms with Gasteiger partial charge in [0.05, 0.1) is 12.1 Å². The summed E-state index contributed by atoms with van der Waals surface area (Å²) in [4.78, 5) is 0. The molecule has 0 saturated heterocycles. The average Bonchev–Trinajstić information content (AvgIpc) is 2.80. The molecule has 3 rings (SSSR count). The van der Waals surface area contributed by atoms with Crippen molar-refractivity contribution in [2.24, 2.45) is 5.73 Å². The zero-order valence-electron chi connectivity index (χ0n) is 11.0. The van der Waals surface area contributed by atoms with Gasteiger partial charge in [0.2, 0.25) is 0 Å². The number of aromatic nitrogens is 2. The van der Waals surface area contributed by atoms with Gasteiger partial charge in [-0.05, 0) is 24.3 Å². The van der Waals surface area contributed by atoms with E-state index in [0.717, 1.165) is 10.9 Å². The lowest BCUT2D eigenvalue weighted by Crippen LogP contribution is -2.13. The van der Waals surface area contributed by atoms with E-state index in [4.69, 9.17) is 22.7 Å². The van der Waals surface area contributed by atoms with Crippen LogP contribution in [0.1, 0.15) is 11.3 Å². The average molecular weight is 303 g/mol. The van der Waals surface area contributed by atoms with E-state index in [1.807, 2.05) is 0 Å². The summed E-state index contributed by atoms with van der Waals surface area (Å²) in [5, 5.41) is 13.2. The first-order valence-electron chi connectivity index (χ1n) is 6.30. The van der Waals surface area contributed by atoms with Gasteiger partial charge in [-0.25, -0.2) is 4.39 Å². The molecule has 1 aromatic heterocycles. The van der Waals surface area contributed by atoms with Crippen LogP contribution in [0.4, 0.5) is 4.39 Å². The Morgan fingerprint density at radius 3 is 2.76 bits per heavy atom. The molecule has 0 saturated carbocycles. The summed E-state index contributed by atoms with van der Waals surface area (Å²) in [5.41, 5.74) is 7.16. The molecule has 21 heavy (non-hydrogen) atoms. The number of benzene rings is 2. The minimum Gasteiger partial charge on any atom is -0.382 e. The third-order valence-electron chi connectivity index (χ3n) is 3.25. The number of hydrogen-bond acceptors (Lipinski definition) is 2. The zero-order valence-corrected chi connectivity index (χ0v) is 11.7. The third-order valence-corrected chi connectivity index (χ3v) is 3.48. The molecule has 106 valence electrons. The Bertz CT molecular complexity index is 841. The minimum atomic E-state index is -0.299. The van der Waals surface area contributed by atoms with Gasteiger partial charge in [0, 0.05) is 16.0 Å². The second-order valence-corrected chi connectivity index (χ2v) is 5.11. The van der Waals surface area contributed by atoms with E-state index < -0.39 is 0 Å². The molecule has 0 bridgehead atoms. The van der Waals surface area contributed by atoms with Crippen molar-refractivity contribution < 1.29 is 4.39 Å². The molecule has 0 aliphatic rings. The third kappa shape index (κ3) is 2.48. The van der Waals surface area contributed by atoms with Crippen LogP contribution in [0, 0.1) is 11.2 Å². The van der Waals surface area contributed by atoms with Gasteiger partial charge in [-0.1, -0.05) is 29.8 Å². The second-order valence-electron chi connectivity index (χ2n) is 4.67. The Balaban J connectivity index is 2.16. The van der Waals surface area contributed by atoms with Gasteiger partial charge in [-0.3, -0.25) is 10.1 Å². The number of rotatable bonds is 3. The molecule has 0 unspecified atom stereocenters. The van der Waals surface area contributed by atoms with Gasteiger partial charge in [0.15, 0.2) is 0 Å². The molecule has 2 aromatic carbocycles. The van der Waals surface area contributed by atoms with Crippen LogP contribution in [-0.4, -0.2) is 15.6 Å². The fourth-order valence-corrected chi connectivity index (χ4v) is 2.42. The quantitative estimate of drug-likeness (QED) is 0.576. The molecule has 0 spiro atoms. The first-order chi connectivity index (χ1) is 10.1. The highest BCUT2D eigenvalue weighted by Crippen LogP contribution is 2.23. The van der Waals surface area contributed by atoms with Crippen LogP contribution in [-0.2, 0) is 6.54 Å². The van der Waals surface area contributed by atoms with E-state index >= 15 is 0 Å². The number of nitrogen functional groups attached to an aromatic ring is 1. The summed E-state index contributed by atoms with van der Waals surface area (Å²) in [6.07, 6.45) is 0. The molecule has 6 heteroatoms. The molecule has 1 heterocycles. The van der Waals surface area contributed by atoms with Crippen LogP contribution in [0.15, 0.2) is 42.5 Å². The Morgan fingerprint density at radius 1 is 1.29 bits per heavy atom. The topological polar surface area (TPSA) is 67.7 Å². The molecular formula is C15H12ClFN4. The number of fused-ring (bicyclic) bond motifs is 1. The SMILES string of the molecule is N=C(N)c1nn(Cc2ccccc2F)c2cc(Cl)ccc12. The Kier molecular flexibility index (Phi) is 3.35. The van der Waals surface area contributed by atoms with E-state index in [2.05, 4.69) is 5.10 Å². The Hall–Kier alpha value is -2.40. The molecule has 3 aromatic rings. The van der Waals surface area contributed by atoms with Gasteiger partial charge in [-0.15, -0.1) is 0 Å². The van der Waals surface area contributed by atoms with Crippen molar-refractivity contribution in [3.05, 3.63) is 64.6 Å². The van der Waals surface area contributed by atoms with E-state index in [1.165, 1.54) is 6.07 Å². The molecule has 0 radical (unpaired) electrons. The van der Waals surface area contributed by atoms with Crippen molar-refractivity contribution in [1.82, 2.24) is 9.78 Å². The number of halogens is 2. The van der Waals surface area contributed by atoms with Crippen LogP contribution < -0.4 is 5.73 Å². The Morgan fingerprint density at radius 2 is 2.05 bits per heavy atom. The maximum atomic E-state index is 13.8. The van der Waals surface area contributed by atoms with Crippen LogP contribution in [0.3, 0.4) is 0 Å². The summed E-state index contributed by atoms with van der Waals surface area (Å²) in [6, 6.07) is 11.7. The molecular weight excluding hydrogens is 291 g/mol. The molecule has 0 aliphatic heterocycles. The minimum absolute atomic E-state index is 0.130. The monoisotopic (exact) mass is 302 g/mol. The fraction of sp³-hybridized carbons (Fsp3) is 0.0667. The first-order valence-corrected chi connectivity index (χ1v) is 6.68. The molecule has 4 nitrogen and oxygen atoms in total. The van der Waals surface area contributed by atoms with Gasteiger partial charge in [0.25, 0.3) is 0 Å². The van der Waals surface area contributed by atoms with Crippen molar-refractivity contribution in [2.75, 3.05) is 0 Å². The number of amidine groups is 1.